The van der Waals surface area contributed by atoms with E-state index in [4.69, 9.17) is 14.5 Å². The van der Waals surface area contributed by atoms with Crippen molar-refractivity contribution < 1.29 is 14.3 Å². The number of nitrogens with one attached hydrogen (secondary N) is 2. The summed E-state index contributed by atoms with van der Waals surface area (Å²) in [6.07, 6.45) is 3.11. The topological polar surface area (TPSA) is 89.1 Å². The average Bonchev–Trinajstić information content (AvgIpc) is 3.30. The summed E-state index contributed by atoms with van der Waals surface area (Å²) in [4.78, 5) is 18.0. The van der Waals surface area contributed by atoms with E-state index in [0.29, 0.717) is 40.3 Å². The first kappa shape index (κ1) is 22.3. The summed E-state index contributed by atoms with van der Waals surface area (Å²) in [5.41, 5.74) is 4.18. The van der Waals surface area contributed by atoms with Crippen LogP contribution in [0.2, 0.25) is 0 Å². The maximum Gasteiger partial charge on any atom is 0.252 e. The van der Waals surface area contributed by atoms with Gasteiger partial charge in [0.25, 0.3) is 5.91 Å². The lowest BCUT2D eigenvalue weighted by Gasteiger charge is -2.12. The quantitative estimate of drug-likeness (QED) is 0.345. The number of nitrogens with zero attached hydrogens (tertiary/aromatic N) is 2. The summed E-state index contributed by atoms with van der Waals surface area (Å²) in [5.74, 6) is 1.08. The molecule has 0 aliphatic heterocycles. The minimum atomic E-state index is -0.140. The van der Waals surface area contributed by atoms with Crippen LogP contribution < -0.4 is 14.8 Å². The van der Waals surface area contributed by atoms with Crippen molar-refractivity contribution >= 4 is 16.9 Å². The molecule has 0 spiro atoms. The highest BCUT2D eigenvalue weighted by Gasteiger charge is 2.20. The summed E-state index contributed by atoms with van der Waals surface area (Å²) in [6, 6.07) is 17.2. The fourth-order valence-corrected chi connectivity index (χ4v) is 3.83. The molecule has 2 aromatic carbocycles. The summed E-state index contributed by atoms with van der Waals surface area (Å²) in [6.45, 7) is 2.77. The third-order valence-electron chi connectivity index (χ3n) is 5.58. The van der Waals surface area contributed by atoms with Crippen molar-refractivity contribution in [1.82, 2.24) is 20.5 Å². The van der Waals surface area contributed by atoms with Crippen molar-refractivity contribution in [3.05, 3.63) is 60.2 Å². The molecule has 170 valence electrons. The predicted octanol–water partition coefficient (Wildman–Crippen LogP) is 5.23. The lowest BCUT2D eigenvalue weighted by molar-refractivity contribution is 0.0954. The van der Waals surface area contributed by atoms with E-state index in [1.807, 2.05) is 54.6 Å². The van der Waals surface area contributed by atoms with E-state index in [1.165, 1.54) is 0 Å². The van der Waals surface area contributed by atoms with Crippen molar-refractivity contribution in [2.24, 2.45) is 0 Å². The number of hydrogen-bond donors (Lipinski definition) is 2. The first-order chi connectivity index (χ1) is 16.2. The van der Waals surface area contributed by atoms with Crippen molar-refractivity contribution in [2.45, 2.75) is 26.2 Å². The number of carbonyl (C=O) groups is 1. The number of ether oxygens (including phenoxy) is 2. The Morgan fingerprint density at radius 2 is 1.76 bits per heavy atom. The van der Waals surface area contributed by atoms with Crippen LogP contribution in [0, 0.1) is 0 Å². The molecular formula is C26H28N4O3. The van der Waals surface area contributed by atoms with Gasteiger partial charge in [0, 0.05) is 17.7 Å². The van der Waals surface area contributed by atoms with Gasteiger partial charge in [-0.2, -0.15) is 5.10 Å². The van der Waals surface area contributed by atoms with Crippen molar-refractivity contribution in [3.8, 4) is 34.0 Å². The predicted molar refractivity (Wildman–Crippen MR) is 130 cm³/mol. The zero-order valence-corrected chi connectivity index (χ0v) is 19.1. The molecule has 0 unspecified atom stereocenters. The van der Waals surface area contributed by atoms with Gasteiger partial charge in [-0.3, -0.25) is 9.89 Å². The number of aromatic amines is 1. The summed E-state index contributed by atoms with van der Waals surface area (Å²) in [7, 11) is 3.19. The number of H-pyrrole nitrogens is 1. The first-order valence-corrected chi connectivity index (χ1v) is 11.1. The van der Waals surface area contributed by atoms with Gasteiger partial charge >= 0.3 is 0 Å². The second-order valence-electron chi connectivity index (χ2n) is 7.75. The fraction of sp³-hybridized carbons (Fsp3) is 0.269. The van der Waals surface area contributed by atoms with Crippen LogP contribution in [0.1, 0.15) is 36.5 Å². The monoisotopic (exact) mass is 444 g/mol. The zero-order chi connectivity index (χ0) is 23.2. The number of hydrogen-bond acceptors (Lipinski definition) is 5. The molecular weight excluding hydrogens is 416 g/mol. The Labute approximate surface area is 193 Å². The number of carbonyl (C=O) groups excluding carboxylic acids is 1. The smallest absolute Gasteiger partial charge is 0.252 e. The van der Waals surface area contributed by atoms with Gasteiger partial charge in [-0.05, 0) is 30.7 Å². The molecule has 0 fully saturated rings. The Morgan fingerprint density at radius 1 is 0.970 bits per heavy atom. The highest BCUT2D eigenvalue weighted by Crippen LogP contribution is 2.35. The number of amides is 1. The Kier molecular flexibility index (Phi) is 6.88. The first-order valence-electron chi connectivity index (χ1n) is 11.1. The Balaban J connectivity index is 1.83. The number of rotatable bonds is 9. The molecule has 7 heteroatoms. The van der Waals surface area contributed by atoms with Crippen LogP contribution in [0.4, 0.5) is 0 Å². The normalized spacial score (nSPS) is 10.9. The van der Waals surface area contributed by atoms with Crippen LogP contribution in [0.5, 0.6) is 11.5 Å². The van der Waals surface area contributed by atoms with Crippen molar-refractivity contribution in [2.75, 3.05) is 20.8 Å². The zero-order valence-electron chi connectivity index (χ0n) is 19.1. The molecule has 0 radical (unpaired) electrons. The van der Waals surface area contributed by atoms with Crippen LogP contribution in [-0.4, -0.2) is 41.9 Å². The Morgan fingerprint density at radius 3 is 2.48 bits per heavy atom. The summed E-state index contributed by atoms with van der Waals surface area (Å²) < 4.78 is 10.8. The number of aromatic nitrogens is 3. The van der Waals surface area contributed by atoms with Crippen LogP contribution >= 0.6 is 0 Å². The molecule has 0 saturated heterocycles. The van der Waals surface area contributed by atoms with Gasteiger partial charge in [0.15, 0.2) is 17.1 Å². The van der Waals surface area contributed by atoms with E-state index >= 15 is 0 Å². The summed E-state index contributed by atoms with van der Waals surface area (Å²) in [5, 5.41) is 11.3. The summed E-state index contributed by atoms with van der Waals surface area (Å²) >= 11 is 0. The molecule has 2 heterocycles. The van der Waals surface area contributed by atoms with E-state index < -0.39 is 0 Å². The highest BCUT2D eigenvalue weighted by molar-refractivity contribution is 6.11. The lowest BCUT2D eigenvalue weighted by atomic mass is 10.0. The van der Waals surface area contributed by atoms with Gasteiger partial charge in [0.2, 0.25) is 0 Å². The third-order valence-corrected chi connectivity index (χ3v) is 5.58. The SMILES string of the molecule is CCCCCNC(=O)c1cc(-c2ccc(OC)c(OC)c2)nc2n[nH]c(-c3ccccc3)c12. The lowest BCUT2D eigenvalue weighted by Crippen LogP contribution is -2.24. The molecule has 0 bridgehead atoms. The van der Waals surface area contributed by atoms with Gasteiger partial charge in [-0.15, -0.1) is 0 Å². The second-order valence-corrected chi connectivity index (χ2v) is 7.75. The molecule has 0 atom stereocenters. The van der Waals surface area contributed by atoms with Crippen molar-refractivity contribution in [1.29, 1.82) is 0 Å². The van der Waals surface area contributed by atoms with E-state index in [9.17, 15) is 4.79 Å². The molecule has 1 amide bonds. The van der Waals surface area contributed by atoms with E-state index in [2.05, 4.69) is 22.4 Å². The maximum atomic E-state index is 13.3. The maximum absolute atomic E-state index is 13.3. The Hall–Kier alpha value is -3.87. The minimum absolute atomic E-state index is 0.140. The fourth-order valence-electron chi connectivity index (χ4n) is 3.83. The third kappa shape index (κ3) is 4.67. The molecule has 0 aliphatic carbocycles. The molecule has 0 saturated carbocycles. The largest absolute Gasteiger partial charge is 0.493 e. The molecule has 0 aliphatic rings. The van der Waals surface area contributed by atoms with Gasteiger partial charge in [0.1, 0.15) is 0 Å². The second kappa shape index (κ2) is 10.2. The number of fused-ring (bicyclic) bond motifs is 1. The number of unbranched alkanes of at least 4 members (excludes halogenated alkanes) is 2. The van der Waals surface area contributed by atoms with Gasteiger partial charge in [-0.1, -0.05) is 50.1 Å². The van der Waals surface area contributed by atoms with Crippen LogP contribution in [0.15, 0.2) is 54.6 Å². The molecule has 7 nitrogen and oxygen atoms in total. The van der Waals surface area contributed by atoms with Crippen LogP contribution in [-0.2, 0) is 0 Å². The molecule has 4 rings (SSSR count). The van der Waals surface area contributed by atoms with E-state index in [-0.39, 0.29) is 5.91 Å². The van der Waals surface area contributed by atoms with Gasteiger partial charge in [0.05, 0.1) is 36.6 Å². The van der Waals surface area contributed by atoms with E-state index in [1.54, 1.807) is 14.2 Å². The van der Waals surface area contributed by atoms with Crippen molar-refractivity contribution in [3.63, 3.8) is 0 Å². The average molecular weight is 445 g/mol. The molecule has 4 aromatic rings. The Bertz CT molecular complexity index is 1250. The number of pyridine rings is 1. The number of benzene rings is 2. The molecule has 2 N–H and O–H groups in total. The highest BCUT2D eigenvalue weighted by atomic mass is 16.5. The number of methoxy groups -OCH3 is 2. The van der Waals surface area contributed by atoms with Gasteiger partial charge in [-0.25, -0.2) is 4.98 Å². The van der Waals surface area contributed by atoms with Gasteiger partial charge < -0.3 is 14.8 Å². The minimum Gasteiger partial charge on any atom is -0.493 e. The molecule has 33 heavy (non-hydrogen) atoms. The standard InChI is InChI=1S/C26H28N4O3/c1-4-5-9-14-27-26(31)19-16-20(18-12-13-21(32-2)22(15-18)33-3)28-25-23(19)24(29-30-25)17-10-7-6-8-11-17/h6-8,10-13,15-16H,4-5,9,14H2,1-3H3,(H,27,31)(H,28,29,30). The van der Waals surface area contributed by atoms with E-state index in [0.717, 1.165) is 36.1 Å². The van der Waals surface area contributed by atoms with Crippen LogP contribution in [0.3, 0.4) is 0 Å². The van der Waals surface area contributed by atoms with Crippen LogP contribution in [0.25, 0.3) is 33.5 Å². The molecule has 2 aromatic heterocycles.